The second kappa shape index (κ2) is 5.85. The van der Waals surface area contributed by atoms with Crippen LogP contribution in [0, 0.1) is 0 Å². The van der Waals surface area contributed by atoms with E-state index in [9.17, 15) is 4.79 Å². The maximum absolute atomic E-state index is 10.4. The molecule has 1 rings (SSSR count). The summed E-state index contributed by atoms with van der Waals surface area (Å²) in [6.07, 6.45) is 3.74. The molecule has 1 aromatic heterocycles. The number of primary amides is 1. The number of nitrogen functional groups attached to an aromatic ring is 1. The molecule has 0 atom stereocenters. The summed E-state index contributed by atoms with van der Waals surface area (Å²) in [5, 5.41) is 3.13. The number of aromatic nitrogens is 1. The molecule has 1 aromatic rings. The van der Waals surface area contributed by atoms with Gasteiger partial charge in [0, 0.05) is 13.0 Å². The molecule has 82 valence electrons. The number of nitrogens with one attached hydrogen (secondary N) is 1. The van der Waals surface area contributed by atoms with Gasteiger partial charge in [0.05, 0.1) is 11.9 Å². The van der Waals surface area contributed by atoms with Crippen LogP contribution in [0.25, 0.3) is 0 Å². The molecule has 5 heteroatoms. The second-order valence-electron chi connectivity index (χ2n) is 3.33. The molecule has 0 radical (unpaired) electrons. The molecular formula is C10H16N4O. The molecule has 1 heterocycles. The standard InChI is InChI=1S/C10H16N4O/c11-8-4-5-10(14-7-8)13-6-2-1-3-9(12)15/h4-5,7H,1-3,6,11H2,(H2,12,15)(H,13,14). The van der Waals surface area contributed by atoms with E-state index in [1.807, 2.05) is 6.07 Å². The molecule has 0 fully saturated rings. The molecule has 0 saturated heterocycles. The van der Waals surface area contributed by atoms with Gasteiger partial charge in [0.25, 0.3) is 0 Å². The van der Waals surface area contributed by atoms with Crippen molar-refractivity contribution in [3.63, 3.8) is 0 Å². The Balaban J connectivity index is 2.15. The van der Waals surface area contributed by atoms with E-state index in [1.54, 1.807) is 12.3 Å². The molecule has 5 nitrogen and oxygen atoms in total. The second-order valence-corrected chi connectivity index (χ2v) is 3.33. The van der Waals surface area contributed by atoms with Gasteiger partial charge in [-0.3, -0.25) is 4.79 Å². The van der Waals surface area contributed by atoms with Gasteiger partial charge >= 0.3 is 0 Å². The van der Waals surface area contributed by atoms with Gasteiger partial charge in [-0.25, -0.2) is 4.98 Å². The number of rotatable bonds is 6. The van der Waals surface area contributed by atoms with Crippen LogP contribution in [0.5, 0.6) is 0 Å². The lowest BCUT2D eigenvalue weighted by molar-refractivity contribution is -0.118. The number of hydrogen-bond acceptors (Lipinski definition) is 4. The van der Waals surface area contributed by atoms with Crippen molar-refractivity contribution in [3.8, 4) is 0 Å². The summed E-state index contributed by atoms with van der Waals surface area (Å²) in [6, 6.07) is 3.61. The fourth-order valence-electron chi connectivity index (χ4n) is 1.15. The minimum Gasteiger partial charge on any atom is -0.397 e. The SMILES string of the molecule is NC(=O)CCCCNc1ccc(N)cn1. The first-order valence-electron chi connectivity index (χ1n) is 4.92. The molecule has 1 amide bonds. The third-order valence-corrected chi connectivity index (χ3v) is 1.94. The predicted octanol–water partition coefficient (Wildman–Crippen LogP) is 0.731. The highest BCUT2D eigenvalue weighted by Crippen LogP contribution is 2.06. The van der Waals surface area contributed by atoms with Crippen LogP contribution in [-0.4, -0.2) is 17.4 Å². The average Bonchev–Trinajstić information content (AvgIpc) is 2.20. The summed E-state index contributed by atoms with van der Waals surface area (Å²) < 4.78 is 0. The highest BCUT2D eigenvalue weighted by molar-refractivity contribution is 5.73. The number of pyridine rings is 1. The van der Waals surface area contributed by atoms with Crippen LogP contribution in [0.1, 0.15) is 19.3 Å². The van der Waals surface area contributed by atoms with Crippen molar-refractivity contribution >= 4 is 17.4 Å². The Morgan fingerprint density at radius 2 is 2.20 bits per heavy atom. The van der Waals surface area contributed by atoms with Crippen LogP contribution in [0.4, 0.5) is 11.5 Å². The van der Waals surface area contributed by atoms with Gasteiger partial charge < -0.3 is 16.8 Å². The lowest BCUT2D eigenvalue weighted by Gasteiger charge is -2.04. The molecule has 0 aliphatic rings. The Bertz CT molecular complexity index is 310. The molecule has 0 spiro atoms. The highest BCUT2D eigenvalue weighted by Gasteiger charge is 1.95. The maximum atomic E-state index is 10.4. The zero-order chi connectivity index (χ0) is 11.1. The van der Waals surface area contributed by atoms with Gasteiger partial charge in [-0.1, -0.05) is 0 Å². The summed E-state index contributed by atoms with van der Waals surface area (Å²) in [4.78, 5) is 14.5. The van der Waals surface area contributed by atoms with Crippen molar-refractivity contribution in [1.82, 2.24) is 4.98 Å². The predicted molar refractivity (Wildman–Crippen MR) is 60.2 cm³/mol. The molecule has 15 heavy (non-hydrogen) atoms. The Kier molecular flexibility index (Phi) is 4.40. The molecular weight excluding hydrogens is 192 g/mol. The van der Waals surface area contributed by atoms with E-state index >= 15 is 0 Å². The van der Waals surface area contributed by atoms with Crippen LogP contribution in [-0.2, 0) is 4.79 Å². The number of anilines is 2. The third-order valence-electron chi connectivity index (χ3n) is 1.94. The fourth-order valence-corrected chi connectivity index (χ4v) is 1.15. The molecule has 5 N–H and O–H groups in total. The van der Waals surface area contributed by atoms with Gasteiger partial charge in [0.15, 0.2) is 0 Å². The number of carbonyl (C=O) groups excluding carboxylic acids is 1. The zero-order valence-electron chi connectivity index (χ0n) is 8.57. The Labute approximate surface area is 88.9 Å². The van der Waals surface area contributed by atoms with E-state index < -0.39 is 0 Å². The van der Waals surface area contributed by atoms with Crippen LogP contribution < -0.4 is 16.8 Å². The van der Waals surface area contributed by atoms with E-state index in [4.69, 9.17) is 11.5 Å². The number of carbonyl (C=O) groups is 1. The Morgan fingerprint density at radius 1 is 1.40 bits per heavy atom. The first-order valence-corrected chi connectivity index (χ1v) is 4.92. The van der Waals surface area contributed by atoms with E-state index in [1.165, 1.54) is 0 Å². The monoisotopic (exact) mass is 208 g/mol. The highest BCUT2D eigenvalue weighted by atomic mass is 16.1. The lowest BCUT2D eigenvalue weighted by Crippen LogP contribution is -2.11. The number of amides is 1. The van der Waals surface area contributed by atoms with Crippen molar-refractivity contribution < 1.29 is 4.79 Å². The lowest BCUT2D eigenvalue weighted by atomic mass is 10.2. The summed E-state index contributed by atoms with van der Waals surface area (Å²) in [5.41, 5.74) is 11.2. The van der Waals surface area contributed by atoms with E-state index in [2.05, 4.69) is 10.3 Å². The van der Waals surface area contributed by atoms with Crippen molar-refractivity contribution in [2.75, 3.05) is 17.6 Å². The molecule has 0 aliphatic carbocycles. The van der Waals surface area contributed by atoms with E-state index in [0.29, 0.717) is 12.1 Å². The van der Waals surface area contributed by atoms with Crippen LogP contribution in [0.15, 0.2) is 18.3 Å². The third kappa shape index (κ3) is 4.85. The number of hydrogen-bond donors (Lipinski definition) is 3. The Hall–Kier alpha value is -1.78. The zero-order valence-corrected chi connectivity index (χ0v) is 8.57. The minimum atomic E-state index is -0.249. The van der Waals surface area contributed by atoms with Crippen molar-refractivity contribution in [2.24, 2.45) is 5.73 Å². The summed E-state index contributed by atoms with van der Waals surface area (Å²) in [6.45, 7) is 0.782. The summed E-state index contributed by atoms with van der Waals surface area (Å²) >= 11 is 0. The minimum absolute atomic E-state index is 0.249. The van der Waals surface area contributed by atoms with Crippen molar-refractivity contribution in [3.05, 3.63) is 18.3 Å². The smallest absolute Gasteiger partial charge is 0.217 e. The molecule has 0 unspecified atom stereocenters. The average molecular weight is 208 g/mol. The number of nitrogens with zero attached hydrogens (tertiary/aromatic N) is 1. The van der Waals surface area contributed by atoms with Gasteiger partial charge in [0.1, 0.15) is 5.82 Å². The van der Waals surface area contributed by atoms with E-state index in [0.717, 1.165) is 25.2 Å². The molecule has 0 aliphatic heterocycles. The summed E-state index contributed by atoms with van der Waals surface area (Å²) in [5.74, 6) is 0.545. The number of unbranched alkanes of at least 4 members (excludes halogenated alkanes) is 1. The van der Waals surface area contributed by atoms with Gasteiger partial charge in [-0.2, -0.15) is 0 Å². The van der Waals surface area contributed by atoms with Crippen LogP contribution in [0.3, 0.4) is 0 Å². The maximum Gasteiger partial charge on any atom is 0.217 e. The first kappa shape index (κ1) is 11.3. The van der Waals surface area contributed by atoms with Crippen molar-refractivity contribution in [1.29, 1.82) is 0 Å². The molecule has 0 saturated carbocycles. The number of nitrogens with two attached hydrogens (primary N) is 2. The molecule has 0 bridgehead atoms. The topological polar surface area (TPSA) is 94.0 Å². The van der Waals surface area contributed by atoms with Gasteiger partial charge in [0.2, 0.25) is 5.91 Å². The summed E-state index contributed by atoms with van der Waals surface area (Å²) in [7, 11) is 0. The van der Waals surface area contributed by atoms with Crippen molar-refractivity contribution in [2.45, 2.75) is 19.3 Å². The van der Waals surface area contributed by atoms with Gasteiger partial charge in [-0.05, 0) is 25.0 Å². The van der Waals surface area contributed by atoms with E-state index in [-0.39, 0.29) is 5.91 Å². The largest absolute Gasteiger partial charge is 0.397 e. The van der Waals surface area contributed by atoms with Crippen LogP contribution >= 0.6 is 0 Å². The van der Waals surface area contributed by atoms with Crippen LogP contribution in [0.2, 0.25) is 0 Å². The Morgan fingerprint density at radius 3 is 2.80 bits per heavy atom. The first-order chi connectivity index (χ1) is 7.18. The normalized spacial score (nSPS) is 9.87. The quantitative estimate of drug-likeness (QED) is 0.601. The van der Waals surface area contributed by atoms with Gasteiger partial charge in [-0.15, -0.1) is 0 Å². The molecule has 0 aromatic carbocycles. The fraction of sp³-hybridized carbons (Fsp3) is 0.400.